The monoisotopic (exact) mass is 269 g/mol. The maximum Gasteiger partial charge on any atom is 0.233 e. The Morgan fingerprint density at radius 1 is 1.59 bits per heavy atom. The van der Waals surface area contributed by atoms with Crippen molar-refractivity contribution in [3.63, 3.8) is 0 Å². The molecule has 1 aromatic heterocycles. The average molecular weight is 269 g/mol. The Bertz CT molecular complexity index is 400. The summed E-state index contributed by atoms with van der Waals surface area (Å²) in [5.41, 5.74) is 1.32. The Kier molecular flexibility index (Phi) is 4.15. The number of aryl methyl sites for hydroxylation is 1. The van der Waals surface area contributed by atoms with Crippen molar-refractivity contribution < 1.29 is 4.79 Å². The maximum atomic E-state index is 12.0. The van der Waals surface area contributed by atoms with Crippen LogP contribution in [-0.4, -0.2) is 11.2 Å². The van der Waals surface area contributed by atoms with E-state index in [1.165, 1.54) is 10.4 Å². The molecule has 94 valence electrons. The summed E-state index contributed by atoms with van der Waals surface area (Å²) in [6.07, 6.45) is 3.37. The highest BCUT2D eigenvalue weighted by molar-refractivity contribution is 7.81. The maximum absolute atomic E-state index is 12.0. The second-order valence-corrected chi connectivity index (χ2v) is 6.50. The Morgan fingerprint density at radius 2 is 2.35 bits per heavy atom. The van der Waals surface area contributed by atoms with E-state index < -0.39 is 0 Å². The van der Waals surface area contributed by atoms with Crippen LogP contribution in [0, 0.1) is 5.92 Å². The van der Waals surface area contributed by atoms with Crippen molar-refractivity contribution in [3.05, 3.63) is 21.9 Å². The third kappa shape index (κ3) is 2.86. The minimum Gasteiger partial charge on any atom is -0.348 e. The fraction of sp³-hybridized carbons (Fsp3) is 0.615. The van der Waals surface area contributed by atoms with Crippen molar-refractivity contribution in [1.29, 1.82) is 0 Å². The van der Waals surface area contributed by atoms with E-state index in [2.05, 4.69) is 29.4 Å². The number of nitrogens with one attached hydrogen (secondary N) is 1. The highest BCUT2D eigenvalue weighted by Gasteiger charge is 2.25. The first-order chi connectivity index (χ1) is 8.09. The zero-order chi connectivity index (χ0) is 12.4. The van der Waals surface area contributed by atoms with E-state index in [0.717, 1.165) is 19.3 Å². The molecule has 1 amide bonds. The van der Waals surface area contributed by atoms with E-state index in [4.69, 9.17) is 0 Å². The van der Waals surface area contributed by atoms with Crippen LogP contribution >= 0.6 is 24.0 Å². The normalized spacial score (nSPS) is 21.1. The molecule has 2 rings (SSSR count). The SMILES string of the molecule is CC(C)C(S)C(=O)NC1CCCc2sccc21. The molecular weight excluding hydrogens is 250 g/mol. The van der Waals surface area contributed by atoms with Gasteiger partial charge >= 0.3 is 0 Å². The molecule has 2 unspecified atom stereocenters. The Balaban J connectivity index is 2.04. The molecule has 0 saturated carbocycles. The lowest BCUT2D eigenvalue weighted by atomic mass is 9.93. The fourth-order valence-electron chi connectivity index (χ4n) is 2.20. The largest absolute Gasteiger partial charge is 0.348 e. The lowest BCUT2D eigenvalue weighted by Gasteiger charge is -2.25. The number of amides is 1. The van der Waals surface area contributed by atoms with Crippen LogP contribution in [0.3, 0.4) is 0 Å². The Hall–Kier alpha value is -0.480. The van der Waals surface area contributed by atoms with Gasteiger partial charge in [0.2, 0.25) is 5.91 Å². The molecular formula is C13H19NOS2. The van der Waals surface area contributed by atoms with Gasteiger partial charge in [-0.1, -0.05) is 13.8 Å². The van der Waals surface area contributed by atoms with Gasteiger partial charge in [-0.05, 0) is 42.2 Å². The molecule has 0 aromatic carbocycles. The Morgan fingerprint density at radius 3 is 3.06 bits per heavy atom. The summed E-state index contributed by atoms with van der Waals surface area (Å²) in [6, 6.07) is 2.35. The molecule has 0 saturated heterocycles. The lowest BCUT2D eigenvalue weighted by Crippen LogP contribution is -2.37. The van der Waals surface area contributed by atoms with Gasteiger partial charge in [0.05, 0.1) is 11.3 Å². The number of hydrogen-bond acceptors (Lipinski definition) is 3. The van der Waals surface area contributed by atoms with Crippen LogP contribution in [-0.2, 0) is 11.2 Å². The molecule has 2 nitrogen and oxygen atoms in total. The van der Waals surface area contributed by atoms with Crippen LogP contribution in [0.5, 0.6) is 0 Å². The third-order valence-electron chi connectivity index (χ3n) is 3.27. The summed E-state index contributed by atoms with van der Waals surface area (Å²) in [4.78, 5) is 13.4. The minimum absolute atomic E-state index is 0.0624. The predicted molar refractivity (Wildman–Crippen MR) is 75.8 cm³/mol. The van der Waals surface area contributed by atoms with Gasteiger partial charge in [-0.3, -0.25) is 4.79 Å². The average Bonchev–Trinajstić information content (AvgIpc) is 2.76. The van der Waals surface area contributed by atoms with Gasteiger partial charge in [0.1, 0.15) is 0 Å². The van der Waals surface area contributed by atoms with Crippen LogP contribution in [0.15, 0.2) is 11.4 Å². The smallest absolute Gasteiger partial charge is 0.233 e. The highest BCUT2D eigenvalue weighted by atomic mass is 32.1. The van der Waals surface area contributed by atoms with Crippen molar-refractivity contribution >= 4 is 29.9 Å². The van der Waals surface area contributed by atoms with Gasteiger partial charge in [-0.15, -0.1) is 11.3 Å². The first-order valence-electron chi connectivity index (χ1n) is 6.14. The van der Waals surface area contributed by atoms with Crippen molar-refractivity contribution in [2.45, 2.75) is 44.4 Å². The van der Waals surface area contributed by atoms with Gasteiger partial charge in [-0.2, -0.15) is 12.6 Å². The van der Waals surface area contributed by atoms with Gasteiger partial charge in [0.15, 0.2) is 0 Å². The zero-order valence-corrected chi connectivity index (χ0v) is 12.0. The number of fused-ring (bicyclic) bond motifs is 1. The second-order valence-electron chi connectivity index (χ2n) is 4.94. The van der Waals surface area contributed by atoms with Gasteiger partial charge in [0.25, 0.3) is 0 Å². The first-order valence-corrected chi connectivity index (χ1v) is 7.54. The van der Waals surface area contributed by atoms with E-state index in [1.54, 1.807) is 11.3 Å². The summed E-state index contributed by atoms with van der Waals surface area (Å²) in [5.74, 6) is 0.330. The van der Waals surface area contributed by atoms with Gasteiger partial charge in [0, 0.05) is 4.88 Å². The standard InChI is InChI=1S/C13H19NOS2/c1-8(2)12(16)13(15)14-10-4-3-5-11-9(10)6-7-17-11/h6-8,10,12,16H,3-5H2,1-2H3,(H,14,15). The summed E-state index contributed by atoms with van der Waals surface area (Å²) in [7, 11) is 0. The predicted octanol–water partition coefficient (Wildman–Crippen LogP) is 3.20. The number of hydrogen-bond donors (Lipinski definition) is 2. The lowest BCUT2D eigenvalue weighted by molar-refractivity contribution is -0.122. The molecule has 2 atom stereocenters. The molecule has 1 aliphatic rings. The molecule has 0 radical (unpaired) electrons. The van der Waals surface area contributed by atoms with Crippen LogP contribution in [0.1, 0.15) is 43.2 Å². The molecule has 1 aromatic rings. The number of rotatable bonds is 3. The summed E-state index contributed by atoms with van der Waals surface area (Å²) < 4.78 is 0. The molecule has 1 N–H and O–H groups in total. The first kappa shape index (κ1) is 13.0. The molecule has 17 heavy (non-hydrogen) atoms. The van der Waals surface area contributed by atoms with E-state index >= 15 is 0 Å². The van der Waals surface area contributed by atoms with Crippen molar-refractivity contribution in [1.82, 2.24) is 5.32 Å². The van der Waals surface area contributed by atoms with Crippen LogP contribution < -0.4 is 5.32 Å². The molecule has 4 heteroatoms. The quantitative estimate of drug-likeness (QED) is 0.811. The van der Waals surface area contributed by atoms with E-state index in [-0.39, 0.29) is 23.1 Å². The molecule has 0 spiro atoms. The molecule has 1 heterocycles. The summed E-state index contributed by atoms with van der Waals surface area (Å²) >= 11 is 6.17. The Labute approximate surface area is 112 Å². The van der Waals surface area contributed by atoms with Gasteiger partial charge in [-0.25, -0.2) is 0 Å². The van der Waals surface area contributed by atoms with Crippen LogP contribution in [0.4, 0.5) is 0 Å². The van der Waals surface area contributed by atoms with E-state index in [1.807, 2.05) is 13.8 Å². The summed E-state index contributed by atoms with van der Waals surface area (Å²) in [6.45, 7) is 4.04. The fourth-order valence-corrected chi connectivity index (χ4v) is 3.26. The van der Waals surface area contributed by atoms with Gasteiger partial charge < -0.3 is 5.32 Å². The number of carbonyl (C=O) groups is 1. The van der Waals surface area contributed by atoms with E-state index in [9.17, 15) is 4.79 Å². The second kappa shape index (κ2) is 5.44. The van der Waals surface area contributed by atoms with Crippen molar-refractivity contribution in [3.8, 4) is 0 Å². The molecule has 0 bridgehead atoms. The van der Waals surface area contributed by atoms with Crippen LogP contribution in [0.2, 0.25) is 0 Å². The van der Waals surface area contributed by atoms with E-state index in [0.29, 0.717) is 0 Å². The number of thiophene rings is 1. The molecule has 1 aliphatic carbocycles. The topological polar surface area (TPSA) is 29.1 Å². The minimum atomic E-state index is -0.209. The number of carbonyl (C=O) groups excluding carboxylic acids is 1. The van der Waals surface area contributed by atoms with Crippen molar-refractivity contribution in [2.75, 3.05) is 0 Å². The molecule has 0 aliphatic heterocycles. The molecule has 0 fully saturated rings. The third-order valence-corrected chi connectivity index (χ3v) is 5.10. The van der Waals surface area contributed by atoms with Crippen LogP contribution in [0.25, 0.3) is 0 Å². The summed E-state index contributed by atoms with van der Waals surface area (Å²) in [5, 5.41) is 5.05. The van der Waals surface area contributed by atoms with Crippen molar-refractivity contribution in [2.24, 2.45) is 5.92 Å². The number of thiol groups is 1. The highest BCUT2D eigenvalue weighted by Crippen LogP contribution is 2.33. The zero-order valence-electron chi connectivity index (χ0n) is 10.3.